The van der Waals surface area contributed by atoms with Gasteiger partial charge in [0, 0.05) is 5.69 Å². The summed E-state index contributed by atoms with van der Waals surface area (Å²) in [7, 11) is -3.58. The Labute approximate surface area is 165 Å². The van der Waals surface area contributed by atoms with Crippen molar-refractivity contribution in [1.29, 1.82) is 0 Å². The lowest BCUT2D eigenvalue weighted by molar-refractivity contribution is -0.119. The Bertz CT molecular complexity index is 944. The third kappa shape index (κ3) is 4.98. The van der Waals surface area contributed by atoms with Crippen molar-refractivity contribution >= 4 is 27.4 Å². The molecule has 0 fully saturated rings. The van der Waals surface area contributed by atoms with E-state index in [0.29, 0.717) is 0 Å². The van der Waals surface area contributed by atoms with Gasteiger partial charge in [0.15, 0.2) is 16.4 Å². The van der Waals surface area contributed by atoms with E-state index in [2.05, 4.69) is 5.32 Å². The summed E-state index contributed by atoms with van der Waals surface area (Å²) in [4.78, 5) is 24.6. The van der Waals surface area contributed by atoms with Crippen LogP contribution < -0.4 is 5.32 Å². The van der Waals surface area contributed by atoms with Gasteiger partial charge in [-0.05, 0) is 36.1 Å². The van der Waals surface area contributed by atoms with Crippen LogP contribution in [0.3, 0.4) is 0 Å². The standard InChI is InChI=1S/C21H25NO5S/c1-4-15-10-9-11-16(5-2)20(15)22-19(23)14-27-21(24)17-12-7-8-13-18(17)28(25,26)6-3/h7-13H,4-6,14H2,1-3H3,(H,22,23). The first-order valence-electron chi connectivity index (χ1n) is 9.23. The normalized spacial score (nSPS) is 11.1. The van der Waals surface area contributed by atoms with Gasteiger partial charge in [-0.25, -0.2) is 13.2 Å². The smallest absolute Gasteiger partial charge is 0.339 e. The van der Waals surface area contributed by atoms with Crippen LogP contribution in [0.15, 0.2) is 47.4 Å². The minimum absolute atomic E-state index is 0.0691. The van der Waals surface area contributed by atoms with Crippen LogP contribution in [0.1, 0.15) is 42.3 Å². The third-order valence-electron chi connectivity index (χ3n) is 4.42. The van der Waals surface area contributed by atoms with Crippen molar-refractivity contribution in [2.75, 3.05) is 17.7 Å². The minimum Gasteiger partial charge on any atom is -0.452 e. The SMILES string of the molecule is CCc1cccc(CC)c1NC(=O)COC(=O)c1ccccc1S(=O)(=O)CC. The number of anilines is 1. The van der Waals surface area contributed by atoms with Gasteiger partial charge in [-0.2, -0.15) is 0 Å². The summed E-state index contributed by atoms with van der Waals surface area (Å²) < 4.78 is 29.4. The maximum absolute atomic E-state index is 12.4. The molecule has 0 bridgehead atoms. The number of carbonyl (C=O) groups excluding carboxylic acids is 2. The number of hydrogen-bond acceptors (Lipinski definition) is 5. The maximum Gasteiger partial charge on any atom is 0.339 e. The number of aryl methyl sites for hydroxylation is 2. The molecule has 0 aliphatic carbocycles. The molecule has 0 spiro atoms. The van der Waals surface area contributed by atoms with Gasteiger partial charge in [0.1, 0.15) is 0 Å². The predicted octanol–water partition coefficient (Wildman–Crippen LogP) is 3.40. The number of nitrogens with one attached hydrogen (secondary N) is 1. The molecule has 0 unspecified atom stereocenters. The van der Waals surface area contributed by atoms with Crippen molar-refractivity contribution in [3.63, 3.8) is 0 Å². The Morgan fingerprint density at radius 1 is 0.929 bits per heavy atom. The van der Waals surface area contributed by atoms with Crippen LogP contribution in [-0.4, -0.2) is 32.7 Å². The van der Waals surface area contributed by atoms with Gasteiger partial charge in [0.2, 0.25) is 0 Å². The lowest BCUT2D eigenvalue weighted by atomic mass is 10.0. The molecule has 2 aromatic carbocycles. The van der Waals surface area contributed by atoms with Crippen LogP contribution in [0, 0.1) is 0 Å². The van der Waals surface area contributed by atoms with E-state index in [9.17, 15) is 18.0 Å². The van der Waals surface area contributed by atoms with E-state index >= 15 is 0 Å². The molecule has 28 heavy (non-hydrogen) atoms. The van der Waals surface area contributed by atoms with Crippen molar-refractivity contribution in [3.8, 4) is 0 Å². The highest BCUT2D eigenvalue weighted by Gasteiger charge is 2.22. The summed E-state index contributed by atoms with van der Waals surface area (Å²) in [5.74, 6) is -1.45. The summed E-state index contributed by atoms with van der Waals surface area (Å²) in [5, 5.41) is 2.81. The Kier molecular flexibility index (Phi) is 7.34. The average molecular weight is 404 g/mol. The van der Waals surface area contributed by atoms with Gasteiger partial charge in [-0.1, -0.05) is 51.1 Å². The second-order valence-corrected chi connectivity index (χ2v) is 8.43. The van der Waals surface area contributed by atoms with Gasteiger partial charge >= 0.3 is 5.97 Å². The average Bonchev–Trinajstić information content (AvgIpc) is 2.72. The molecule has 0 saturated carbocycles. The number of rotatable bonds is 8. The number of benzene rings is 2. The molecule has 1 amide bonds. The second-order valence-electron chi connectivity index (χ2n) is 6.18. The number of carbonyl (C=O) groups is 2. The third-order valence-corrected chi connectivity index (χ3v) is 6.21. The first-order valence-corrected chi connectivity index (χ1v) is 10.9. The molecular formula is C21H25NO5S. The fraction of sp³-hybridized carbons (Fsp3) is 0.333. The molecule has 2 rings (SSSR count). The zero-order valence-electron chi connectivity index (χ0n) is 16.3. The monoisotopic (exact) mass is 403 g/mol. The summed E-state index contributed by atoms with van der Waals surface area (Å²) in [6, 6.07) is 11.7. The van der Waals surface area contributed by atoms with Crippen molar-refractivity contribution in [2.45, 2.75) is 38.5 Å². The van der Waals surface area contributed by atoms with Crippen LogP contribution in [0.25, 0.3) is 0 Å². The lowest BCUT2D eigenvalue weighted by Crippen LogP contribution is -2.23. The van der Waals surface area contributed by atoms with Crippen molar-refractivity contribution < 1.29 is 22.7 Å². The highest BCUT2D eigenvalue weighted by atomic mass is 32.2. The summed E-state index contributed by atoms with van der Waals surface area (Å²) in [6.07, 6.45) is 1.51. The van der Waals surface area contributed by atoms with E-state index in [1.165, 1.54) is 19.1 Å². The number of hydrogen-bond donors (Lipinski definition) is 1. The number of esters is 1. The molecule has 0 aromatic heterocycles. The number of amides is 1. The van der Waals surface area contributed by atoms with Gasteiger partial charge < -0.3 is 10.1 Å². The van der Waals surface area contributed by atoms with Gasteiger partial charge in [-0.3, -0.25) is 4.79 Å². The maximum atomic E-state index is 12.4. The largest absolute Gasteiger partial charge is 0.452 e. The summed E-state index contributed by atoms with van der Waals surface area (Å²) in [6.45, 7) is 4.99. The predicted molar refractivity (Wildman–Crippen MR) is 108 cm³/mol. The van der Waals surface area contributed by atoms with Crippen molar-refractivity contribution in [3.05, 3.63) is 59.2 Å². The van der Waals surface area contributed by atoms with Crippen LogP contribution >= 0.6 is 0 Å². The van der Waals surface area contributed by atoms with E-state index in [4.69, 9.17) is 4.74 Å². The zero-order chi connectivity index (χ0) is 20.7. The molecule has 6 nitrogen and oxygen atoms in total. The molecule has 150 valence electrons. The van der Waals surface area contributed by atoms with E-state index in [-0.39, 0.29) is 16.2 Å². The molecule has 0 aliphatic rings. The molecule has 0 saturated heterocycles. The molecule has 2 aromatic rings. The van der Waals surface area contributed by atoms with E-state index in [1.807, 2.05) is 32.0 Å². The van der Waals surface area contributed by atoms with Crippen LogP contribution in [-0.2, 0) is 32.2 Å². The fourth-order valence-corrected chi connectivity index (χ4v) is 3.93. The molecular weight excluding hydrogens is 378 g/mol. The lowest BCUT2D eigenvalue weighted by Gasteiger charge is -2.14. The van der Waals surface area contributed by atoms with Gasteiger partial charge in [0.25, 0.3) is 5.91 Å². The Hall–Kier alpha value is -2.67. The molecule has 0 atom stereocenters. The zero-order valence-corrected chi connectivity index (χ0v) is 17.1. The first kappa shape index (κ1) is 21.6. The first-order chi connectivity index (χ1) is 13.3. The van der Waals surface area contributed by atoms with Gasteiger partial charge in [-0.15, -0.1) is 0 Å². The summed E-state index contributed by atoms with van der Waals surface area (Å²) >= 11 is 0. The van der Waals surface area contributed by atoms with Crippen molar-refractivity contribution in [1.82, 2.24) is 0 Å². The molecule has 1 N–H and O–H groups in total. The summed E-state index contributed by atoms with van der Waals surface area (Å²) in [5.41, 5.74) is 2.67. The molecule has 0 heterocycles. The molecule has 0 radical (unpaired) electrons. The molecule has 0 aliphatic heterocycles. The van der Waals surface area contributed by atoms with Crippen LogP contribution in [0.2, 0.25) is 0 Å². The van der Waals surface area contributed by atoms with E-state index in [0.717, 1.165) is 29.7 Å². The Morgan fingerprint density at radius 3 is 2.11 bits per heavy atom. The topological polar surface area (TPSA) is 89.5 Å². The Morgan fingerprint density at radius 2 is 1.54 bits per heavy atom. The highest BCUT2D eigenvalue weighted by Crippen LogP contribution is 2.23. The fourth-order valence-electron chi connectivity index (χ4n) is 2.85. The van der Waals surface area contributed by atoms with Crippen LogP contribution in [0.5, 0.6) is 0 Å². The van der Waals surface area contributed by atoms with Crippen LogP contribution in [0.4, 0.5) is 5.69 Å². The molecule has 7 heteroatoms. The Balaban J connectivity index is 2.12. The number of para-hydroxylation sites is 1. The van der Waals surface area contributed by atoms with Crippen molar-refractivity contribution in [2.24, 2.45) is 0 Å². The van der Waals surface area contributed by atoms with Gasteiger partial charge in [0.05, 0.1) is 16.2 Å². The van der Waals surface area contributed by atoms with E-state index in [1.54, 1.807) is 12.1 Å². The van der Waals surface area contributed by atoms with E-state index < -0.39 is 28.3 Å². The second kappa shape index (κ2) is 9.50. The minimum atomic E-state index is -3.58. The quantitative estimate of drug-likeness (QED) is 0.683. The number of sulfone groups is 1. The highest BCUT2D eigenvalue weighted by molar-refractivity contribution is 7.91. The number of ether oxygens (including phenoxy) is 1.